The number of benzene rings is 2. The molecule has 6 aliphatic heterocycles. The molecule has 2 saturated heterocycles. The molecule has 7 aliphatic rings. The second kappa shape index (κ2) is 13.8. The largest absolute Gasteiger partial charge is 0.496 e. The highest BCUT2D eigenvalue weighted by Crippen LogP contribution is 2.68. The fraction of sp³-hybridized carbons (Fsp3) is 0.565. The van der Waals surface area contributed by atoms with Crippen LogP contribution < -0.4 is 20.2 Å². The summed E-state index contributed by atoms with van der Waals surface area (Å²) in [6.07, 6.45) is 8.44. The Hall–Kier alpha value is -4.52. The molecule has 6 heterocycles. The maximum absolute atomic E-state index is 15.3. The van der Waals surface area contributed by atoms with Crippen LogP contribution >= 0.6 is 0 Å². The molecule has 0 aromatic heterocycles. The van der Waals surface area contributed by atoms with Gasteiger partial charge in [-0.15, -0.1) is 0 Å². The molecule has 0 radical (unpaired) electrons. The predicted molar refractivity (Wildman–Crippen MR) is 217 cm³/mol. The third-order valence-electron chi connectivity index (χ3n) is 15.2. The first-order chi connectivity index (χ1) is 27.9. The van der Waals surface area contributed by atoms with E-state index in [1.807, 2.05) is 43.1 Å². The van der Waals surface area contributed by atoms with Crippen LogP contribution in [0.5, 0.6) is 5.75 Å². The van der Waals surface area contributed by atoms with Gasteiger partial charge < -0.3 is 29.0 Å². The third-order valence-corrected chi connectivity index (χ3v) is 15.2. The molecule has 3 fully saturated rings. The van der Waals surface area contributed by atoms with Crippen LogP contribution in [0.15, 0.2) is 65.2 Å². The van der Waals surface area contributed by atoms with Crippen LogP contribution in [-0.4, -0.2) is 124 Å². The summed E-state index contributed by atoms with van der Waals surface area (Å²) in [5.41, 5.74) is -0.596. The first kappa shape index (κ1) is 39.0. The highest BCUT2D eigenvalue weighted by atomic mass is 16.6. The molecule has 2 aromatic carbocycles. The second-order valence-electron chi connectivity index (χ2n) is 17.6. The van der Waals surface area contributed by atoms with Gasteiger partial charge in [-0.25, -0.2) is 4.79 Å². The van der Waals surface area contributed by atoms with E-state index in [9.17, 15) is 14.7 Å². The van der Waals surface area contributed by atoms with Gasteiger partial charge >= 0.3 is 17.9 Å². The van der Waals surface area contributed by atoms with Crippen LogP contribution in [0, 0.1) is 11.3 Å². The molecule has 0 amide bonds. The number of carbonyl (C=O) groups excluding carboxylic acids is 3. The van der Waals surface area contributed by atoms with Crippen molar-refractivity contribution in [2.24, 2.45) is 16.3 Å². The molecule has 308 valence electrons. The van der Waals surface area contributed by atoms with Crippen molar-refractivity contribution in [1.29, 1.82) is 0 Å². The van der Waals surface area contributed by atoms with Gasteiger partial charge in [0.05, 0.1) is 38.8 Å². The quantitative estimate of drug-likeness (QED) is 0.253. The van der Waals surface area contributed by atoms with Crippen LogP contribution in [0.4, 0.5) is 5.69 Å². The van der Waals surface area contributed by atoms with E-state index < -0.39 is 52.0 Å². The number of hydrogen-bond donors (Lipinski definition) is 1. The molecule has 1 N–H and O–H groups in total. The molecule has 58 heavy (non-hydrogen) atoms. The second-order valence-corrected chi connectivity index (χ2v) is 17.6. The lowest BCUT2D eigenvalue weighted by Crippen LogP contribution is -2.81. The lowest BCUT2D eigenvalue weighted by atomic mass is 9.47. The van der Waals surface area contributed by atoms with Crippen molar-refractivity contribution in [1.82, 2.24) is 9.80 Å². The Balaban J connectivity index is 1.36. The van der Waals surface area contributed by atoms with Crippen molar-refractivity contribution in [3.63, 3.8) is 0 Å². The van der Waals surface area contributed by atoms with E-state index >= 15 is 4.79 Å². The highest BCUT2D eigenvalue weighted by Gasteiger charge is 2.80. The smallest absolute Gasteiger partial charge is 0.344 e. The van der Waals surface area contributed by atoms with E-state index in [1.54, 1.807) is 7.11 Å². The van der Waals surface area contributed by atoms with Gasteiger partial charge in [-0.05, 0) is 67.8 Å². The zero-order valence-electron chi connectivity index (χ0n) is 34.7. The van der Waals surface area contributed by atoms with Gasteiger partial charge in [-0.2, -0.15) is 0 Å². The number of nitrogens with zero attached hydrogens (tertiary/aromatic N) is 4. The number of methoxy groups -OCH3 is 3. The fourth-order valence-electron chi connectivity index (χ4n) is 13.2. The van der Waals surface area contributed by atoms with Gasteiger partial charge in [0.2, 0.25) is 5.60 Å². The summed E-state index contributed by atoms with van der Waals surface area (Å²) < 4.78 is 24.0. The monoisotopic (exact) mass is 792 g/mol. The van der Waals surface area contributed by atoms with Crippen molar-refractivity contribution in [3.8, 4) is 5.75 Å². The lowest BCUT2D eigenvalue weighted by molar-refractivity contribution is -0.228. The van der Waals surface area contributed by atoms with Crippen LogP contribution in [0.1, 0.15) is 64.0 Å². The molecule has 1 aliphatic carbocycles. The minimum absolute atomic E-state index is 0.0226. The minimum Gasteiger partial charge on any atom is -0.496 e. The number of likely N-dealkylation sites (N-methyl/N-ethyl adjacent to an activating group) is 1. The summed E-state index contributed by atoms with van der Waals surface area (Å²) in [5.74, 6) is -1.30. The summed E-state index contributed by atoms with van der Waals surface area (Å²) in [5, 5.41) is 15.2. The summed E-state index contributed by atoms with van der Waals surface area (Å²) >= 11 is 0. The molecule has 9 rings (SSSR count). The van der Waals surface area contributed by atoms with E-state index in [-0.39, 0.29) is 17.9 Å². The van der Waals surface area contributed by atoms with Gasteiger partial charge in [0.15, 0.2) is 6.10 Å². The molecular weight excluding hydrogens is 737 g/mol. The van der Waals surface area contributed by atoms with E-state index in [2.05, 4.69) is 47.1 Å². The first-order valence-corrected chi connectivity index (χ1v) is 20.9. The normalized spacial score (nSPS) is 36.7. The van der Waals surface area contributed by atoms with Gasteiger partial charge in [0.25, 0.3) is 0 Å². The Labute approximate surface area is 340 Å². The van der Waals surface area contributed by atoms with Crippen molar-refractivity contribution in [2.75, 3.05) is 66.0 Å². The zero-order valence-corrected chi connectivity index (χ0v) is 34.7. The SMILES string of the molecule is CCC1=C[C@H]2CN(CCC3=c4ccccc4=N[C@H]3[C@@](C(=O)OC)(c3cc4c(cc3OC)N(C)[C@H]3[C@@](O)(C(=O)OC)[C@H](OC(C)=O)[C@]5(CC)C=CCN6CC[C@]43[C@@H]65)C2)C1. The Morgan fingerprint density at radius 1 is 1.00 bits per heavy atom. The fourth-order valence-corrected chi connectivity index (χ4v) is 13.2. The molecule has 1 saturated carbocycles. The number of anilines is 1. The number of esters is 3. The number of aliphatic hydroxyl groups is 1. The molecule has 12 heteroatoms. The average Bonchev–Trinajstić information content (AvgIpc) is 3.89. The third kappa shape index (κ3) is 4.97. The van der Waals surface area contributed by atoms with Crippen molar-refractivity contribution in [2.45, 2.75) is 93.5 Å². The van der Waals surface area contributed by atoms with Crippen molar-refractivity contribution in [3.05, 3.63) is 81.9 Å². The van der Waals surface area contributed by atoms with Gasteiger partial charge in [-0.3, -0.25) is 24.4 Å². The molecule has 10 atom stereocenters. The van der Waals surface area contributed by atoms with E-state index in [4.69, 9.17) is 23.9 Å². The maximum atomic E-state index is 15.3. The molecule has 12 nitrogen and oxygen atoms in total. The Morgan fingerprint density at radius 2 is 1.78 bits per heavy atom. The predicted octanol–water partition coefficient (Wildman–Crippen LogP) is 2.97. The van der Waals surface area contributed by atoms with Crippen molar-refractivity contribution >= 4 is 29.2 Å². The number of fused-ring (bicyclic) bond motifs is 5. The number of para-hydroxylation sites is 1. The minimum atomic E-state index is -2.28. The maximum Gasteiger partial charge on any atom is 0.344 e. The van der Waals surface area contributed by atoms with E-state index in [0.29, 0.717) is 43.7 Å². The Morgan fingerprint density at radius 3 is 2.48 bits per heavy atom. The standard InChI is InChI=1S/C46H56N4O8/c1-8-28-21-29-24-45(41(52)56-6,37-31(15-19-49(25-28)26-29)30-13-10-11-14-34(30)47-37)33-22-32-35(23-36(33)55-5)48(4)39-44(32)17-20-50-18-12-16-43(9-2,38(44)50)40(58-27(3)51)46(39,54)42(53)57-7/h10-14,16,21-23,29,37-40,54H,8-9,15,17-20,24-26H2,1-7H3/t29-,37-,38+,39-,40-,43-,44-,45+,46+/m1/s1. The molecular formula is C46H56N4O8. The van der Waals surface area contributed by atoms with Gasteiger partial charge in [0.1, 0.15) is 11.2 Å². The highest BCUT2D eigenvalue weighted by molar-refractivity contribution is 5.91. The summed E-state index contributed by atoms with van der Waals surface area (Å²) in [6, 6.07) is 10.5. The summed E-state index contributed by atoms with van der Waals surface area (Å²) in [4.78, 5) is 55.0. The topological polar surface area (TPSA) is 130 Å². The molecule has 1 spiro atoms. The van der Waals surface area contributed by atoms with Crippen molar-refractivity contribution < 1.29 is 38.4 Å². The summed E-state index contributed by atoms with van der Waals surface area (Å²) in [6.45, 7) is 9.43. The molecule has 2 bridgehead atoms. The number of ether oxygens (including phenoxy) is 4. The summed E-state index contributed by atoms with van der Waals surface area (Å²) in [7, 11) is 6.24. The average molecular weight is 793 g/mol. The van der Waals surface area contributed by atoms with Gasteiger partial charge in [-0.1, -0.05) is 55.8 Å². The Bertz CT molecular complexity index is 2270. The van der Waals surface area contributed by atoms with Gasteiger partial charge in [0, 0.05) is 79.6 Å². The van der Waals surface area contributed by atoms with E-state index in [1.165, 1.54) is 26.7 Å². The molecule has 1 unspecified atom stereocenters. The number of hydrogen-bond acceptors (Lipinski definition) is 12. The van der Waals surface area contributed by atoms with Crippen LogP contribution in [0.2, 0.25) is 0 Å². The van der Waals surface area contributed by atoms with Crippen LogP contribution in [0.3, 0.4) is 0 Å². The number of rotatable bonds is 7. The zero-order chi connectivity index (χ0) is 40.9. The van der Waals surface area contributed by atoms with Crippen LogP contribution in [-0.2, 0) is 39.4 Å². The first-order valence-electron chi connectivity index (χ1n) is 20.9. The number of carbonyl (C=O) groups is 3. The van der Waals surface area contributed by atoms with E-state index in [0.717, 1.165) is 59.9 Å². The molecule has 2 aromatic rings. The lowest BCUT2D eigenvalue weighted by Gasteiger charge is -2.63. The Kier molecular flexibility index (Phi) is 9.26. The van der Waals surface area contributed by atoms with Crippen LogP contribution in [0.25, 0.3) is 5.57 Å².